The fraction of sp³-hybridized carbons (Fsp3) is 0.208. The summed E-state index contributed by atoms with van der Waals surface area (Å²) in [5.74, 6) is -1.05. The lowest BCUT2D eigenvalue weighted by molar-refractivity contribution is -0.121. The summed E-state index contributed by atoms with van der Waals surface area (Å²) in [6.45, 7) is 0.821. The van der Waals surface area contributed by atoms with Crippen LogP contribution in [0.15, 0.2) is 60.1 Å². The first kappa shape index (κ1) is 21.3. The number of amides is 2. The SMILES string of the molecule is O=C(Nc1c(-c2ccc(F)cc2)nc2sccn12)C1CCCN(C(=O)c2ccc(F)cc2)C1. The number of hydrogen-bond donors (Lipinski definition) is 1. The normalized spacial score (nSPS) is 16.2. The van der Waals surface area contributed by atoms with Gasteiger partial charge in [0.25, 0.3) is 5.91 Å². The van der Waals surface area contributed by atoms with Gasteiger partial charge in [-0.3, -0.25) is 14.0 Å². The standard InChI is InChI=1S/C24H20F2N4O2S/c25-18-7-3-15(4-8-18)20-21(30-12-13-33-24(30)27-20)28-22(31)17-2-1-11-29(14-17)23(32)16-5-9-19(26)10-6-16/h3-10,12-13,17H,1-2,11,14H2,(H,28,31). The fourth-order valence-corrected chi connectivity index (χ4v) is 4.80. The van der Waals surface area contributed by atoms with E-state index >= 15 is 0 Å². The molecule has 0 aliphatic carbocycles. The molecule has 5 rings (SSSR count). The van der Waals surface area contributed by atoms with Gasteiger partial charge < -0.3 is 10.2 Å². The number of carbonyl (C=O) groups is 2. The highest BCUT2D eigenvalue weighted by Crippen LogP contribution is 2.32. The van der Waals surface area contributed by atoms with Crippen molar-refractivity contribution in [1.29, 1.82) is 0 Å². The lowest BCUT2D eigenvalue weighted by Crippen LogP contribution is -2.43. The van der Waals surface area contributed by atoms with E-state index in [-0.39, 0.29) is 24.2 Å². The molecule has 2 aromatic heterocycles. The van der Waals surface area contributed by atoms with Crippen molar-refractivity contribution in [2.75, 3.05) is 18.4 Å². The molecule has 3 heterocycles. The molecule has 2 aromatic carbocycles. The third-order valence-electron chi connectivity index (χ3n) is 5.79. The van der Waals surface area contributed by atoms with Gasteiger partial charge in [-0.1, -0.05) is 0 Å². The Morgan fingerprint density at radius 1 is 1.03 bits per heavy atom. The molecule has 168 valence electrons. The van der Waals surface area contributed by atoms with Gasteiger partial charge in [0, 0.05) is 35.8 Å². The van der Waals surface area contributed by atoms with E-state index in [9.17, 15) is 18.4 Å². The fourth-order valence-electron chi connectivity index (χ4n) is 4.08. The highest BCUT2D eigenvalue weighted by Gasteiger charge is 2.30. The molecule has 0 bridgehead atoms. The van der Waals surface area contributed by atoms with E-state index in [4.69, 9.17) is 0 Å². The van der Waals surface area contributed by atoms with Gasteiger partial charge in [0.15, 0.2) is 4.96 Å². The Labute approximate surface area is 192 Å². The molecule has 33 heavy (non-hydrogen) atoms. The Bertz CT molecular complexity index is 1310. The van der Waals surface area contributed by atoms with Crippen molar-refractivity contribution in [2.45, 2.75) is 12.8 Å². The van der Waals surface area contributed by atoms with Crippen molar-refractivity contribution in [3.8, 4) is 11.3 Å². The Morgan fingerprint density at radius 2 is 1.73 bits per heavy atom. The summed E-state index contributed by atoms with van der Waals surface area (Å²) in [5.41, 5.74) is 1.65. The van der Waals surface area contributed by atoms with Crippen molar-refractivity contribution in [2.24, 2.45) is 5.92 Å². The van der Waals surface area contributed by atoms with Crippen LogP contribution in [0.3, 0.4) is 0 Å². The summed E-state index contributed by atoms with van der Waals surface area (Å²) in [7, 11) is 0. The predicted octanol–water partition coefficient (Wildman–Crippen LogP) is 4.83. The number of anilines is 1. The highest BCUT2D eigenvalue weighted by atomic mass is 32.1. The van der Waals surface area contributed by atoms with E-state index in [0.717, 1.165) is 0 Å². The number of nitrogens with zero attached hydrogens (tertiary/aromatic N) is 3. The summed E-state index contributed by atoms with van der Waals surface area (Å²) < 4.78 is 28.4. The van der Waals surface area contributed by atoms with Crippen LogP contribution in [0.4, 0.5) is 14.6 Å². The third kappa shape index (κ3) is 4.23. The summed E-state index contributed by atoms with van der Waals surface area (Å²) >= 11 is 1.43. The van der Waals surface area contributed by atoms with E-state index in [0.29, 0.717) is 47.0 Å². The quantitative estimate of drug-likeness (QED) is 0.468. The predicted molar refractivity (Wildman–Crippen MR) is 122 cm³/mol. The molecule has 4 aromatic rings. The lowest BCUT2D eigenvalue weighted by Gasteiger charge is -2.32. The Morgan fingerprint density at radius 3 is 2.45 bits per heavy atom. The number of piperidine rings is 1. The second-order valence-electron chi connectivity index (χ2n) is 7.96. The first-order valence-electron chi connectivity index (χ1n) is 10.6. The van der Waals surface area contributed by atoms with Gasteiger partial charge in [-0.05, 0) is 61.4 Å². The molecule has 0 spiro atoms. The van der Waals surface area contributed by atoms with Crippen LogP contribution in [0, 0.1) is 17.6 Å². The average Bonchev–Trinajstić information content (AvgIpc) is 3.42. The molecule has 1 fully saturated rings. The molecule has 1 atom stereocenters. The molecule has 6 nitrogen and oxygen atoms in total. The number of aromatic nitrogens is 2. The third-order valence-corrected chi connectivity index (χ3v) is 6.55. The van der Waals surface area contributed by atoms with Crippen LogP contribution in [-0.4, -0.2) is 39.2 Å². The zero-order valence-electron chi connectivity index (χ0n) is 17.5. The average molecular weight is 467 g/mol. The lowest BCUT2D eigenvalue weighted by atomic mass is 9.96. The number of halogens is 2. The van der Waals surface area contributed by atoms with Crippen molar-refractivity contribution in [1.82, 2.24) is 14.3 Å². The zero-order chi connectivity index (χ0) is 22.9. The van der Waals surface area contributed by atoms with E-state index in [1.165, 1.54) is 47.7 Å². The number of carbonyl (C=O) groups excluding carboxylic acids is 2. The second-order valence-corrected chi connectivity index (χ2v) is 8.83. The van der Waals surface area contributed by atoms with Gasteiger partial charge in [-0.2, -0.15) is 0 Å². The number of fused-ring (bicyclic) bond motifs is 1. The zero-order valence-corrected chi connectivity index (χ0v) is 18.3. The van der Waals surface area contributed by atoms with Crippen molar-refractivity contribution in [3.63, 3.8) is 0 Å². The summed E-state index contributed by atoms with van der Waals surface area (Å²) in [6, 6.07) is 11.4. The first-order valence-corrected chi connectivity index (χ1v) is 11.4. The van der Waals surface area contributed by atoms with E-state index in [2.05, 4.69) is 10.3 Å². The van der Waals surface area contributed by atoms with Gasteiger partial charge in [0.05, 0.1) is 5.92 Å². The molecule has 0 radical (unpaired) electrons. The number of imidazole rings is 1. The number of nitrogens with one attached hydrogen (secondary N) is 1. The number of thiazole rings is 1. The molecule has 1 aliphatic rings. The molecule has 0 saturated carbocycles. The number of benzene rings is 2. The van der Waals surface area contributed by atoms with Crippen LogP contribution in [0.25, 0.3) is 16.2 Å². The second kappa shape index (κ2) is 8.74. The number of hydrogen-bond acceptors (Lipinski definition) is 4. The van der Waals surface area contributed by atoms with Gasteiger partial charge in [-0.25, -0.2) is 13.8 Å². The monoisotopic (exact) mass is 466 g/mol. The van der Waals surface area contributed by atoms with Gasteiger partial charge in [0.2, 0.25) is 5.91 Å². The van der Waals surface area contributed by atoms with E-state index < -0.39 is 11.7 Å². The van der Waals surface area contributed by atoms with Crippen LogP contribution < -0.4 is 5.32 Å². The molecule has 1 saturated heterocycles. The minimum absolute atomic E-state index is 0.206. The first-order chi connectivity index (χ1) is 16.0. The Kier molecular flexibility index (Phi) is 5.63. The highest BCUT2D eigenvalue weighted by molar-refractivity contribution is 7.15. The molecule has 1 N–H and O–H groups in total. The minimum atomic E-state index is -0.403. The van der Waals surface area contributed by atoms with Gasteiger partial charge in [0.1, 0.15) is 23.1 Å². The largest absolute Gasteiger partial charge is 0.338 e. The number of rotatable bonds is 4. The number of likely N-dealkylation sites (tertiary alicyclic amines) is 1. The maximum absolute atomic E-state index is 13.4. The molecular formula is C24H20F2N4O2S. The molecule has 2 amide bonds. The van der Waals surface area contributed by atoms with Crippen LogP contribution >= 0.6 is 11.3 Å². The molecular weight excluding hydrogens is 446 g/mol. The topological polar surface area (TPSA) is 66.7 Å². The Hall–Kier alpha value is -3.59. The van der Waals surface area contributed by atoms with Gasteiger partial charge in [-0.15, -0.1) is 11.3 Å². The van der Waals surface area contributed by atoms with E-state index in [1.807, 2.05) is 11.6 Å². The van der Waals surface area contributed by atoms with Crippen LogP contribution in [0.5, 0.6) is 0 Å². The summed E-state index contributed by atoms with van der Waals surface area (Å²) in [6.07, 6.45) is 3.16. The van der Waals surface area contributed by atoms with E-state index in [1.54, 1.807) is 21.4 Å². The smallest absolute Gasteiger partial charge is 0.253 e. The summed E-state index contributed by atoms with van der Waals surface area (Å²) in [5, 5.41) is 4.87. The van der Waals surface area contributed by atoms with Crippen LogP contribution in [0.2, 0.25) is 0 Å². The molecule has 1 unspecified atom stereocenters. The van der Waals surface area contributed by atoms with Crippen molar-refractivity contribution in [3.05, 3.63) is 77.3 Å². The van der Waals surface area contributed by atoms with Crippen molar-refractivity contribution < 1.29 is 18.4 Å². The minimum Gasteiger partial charge on any atom is -0.338 e. The maximum Gasteiger partial charge on any atom is 0.253 e. The molecule has 1 aliphatic heterocycles. The van der Waals surface area contributed by atoms with Crippen LogP contribution in [-0.2, 0) is 4.79 Å². The maximum atomic E-state index is 13.4. The molecule has 9 heteroatoms. The van der Waals surface area contributed by atoms with Crippen LogP contribution in [0.1, 0.15) is 23.2 Å². The summed E-state index contributed by atoms with van der Waals surface area (Å²) in [4.78, 5) is 33.0. The van der Waals surface area contributed by atoms with Gasteiger partial charge >= 0.3 is 0 Å². The van der Waals surface area contributed by atoms with Crippen molar-refractivity contribution >= 4 is 33.9 Å². The Balaban J connectivity index is 1.36.